The van der Waals surface area contributed by atoms with Gasteiger partial charge in [0, 0.05) is 35.1 Å². The average Bonchev–Trinajstić information content (AvgIpc) is 2.82. The molecule has 184 valence electrons. The minimum absolute atomic E-state index is 0.0452. The van der Waals surface area contributed by atoms with E-state index in [0.717, 1.165) is 4.47 Å². The molecule has 1 aliphatic heterocycles. The molecule has 3 rings (SSSR count). The summed E-state index contributed by atoms with van der Waals surface area (Å²) in [7, 11) is 0.379. The summed E-state index contributed by atoms with van der Waals surface area (Å²) in [6.45, 7) is 2.28. The lowest BCUT2D eigenvalue weighted by Gasteiger charge is -2.32. The van der Waals surface area contributed by atoms with Crippen molar-refractivity contribution in [1.82, 2.24) is 15.4 Å². The van der Waals surface area contributed by atoms with E-state index in [2.05, 4.69) is 31.3 Å². The summed E-state index contributed by atoms with van der Waals surface area (Å²) in [4.78, 5) is 13.0. The topological polar surface area (TPSA) is 115 Å². The van der Waals surface area contributed by atoms with Gasteiger partial charge in [-0.15, -0.1) is 0 Å². The van der Waals surface area contributed by atoms with Crippen molar-refractivity contribution >= 4 is 49.2 Å². The molecule has 2 aromatic rings. The second kappa shape index (κ2) is 10.8. The molecular formula is C22H26BrN3O6S2. The van der Waals surface area contributed by atoms with Crippen LogP contribution in [0, 0.1) is 0 Å². The van der Waals surface area contributed by atoms with Crippen molar-refractivity contribution in [2.45, 2.75) is 30.2 Å². The van der Waals surface area contributed by atoms with Gasteiger partial charge in [0.2, 0.25) is 0 Å². The van der Waals surface area contributed by atoms with E-state index in [1.54, 1.807) is 24.3 Å². The van der Waals surface area contributed by atoms with E-state index >= 15 is 0 Å². The van der Waals surface area contributed by atoms with Crippen LogP contribution in [-0.4, -0.2) is 53.4 Å². The monoisotopic (exact) mass is 571 g/mol. The van der Waals surface area contributed by atoms with Gasteiger partial charge in [-0.3, -0.25) is 9.52 Å². The minimum atomic E-state index is -4.02. The fourth-order valence-electron chi connectivity index (χ4n) is 3.78. The molecule has 0 aliphatic carbocycles. The quantitative estimate of drug-likeness (QED) is 0.434. The van der Waals surface area contributed by atoms with Crippen LogP contribution in [0.15, 0.2) is 39.7 Å². The van der Waals surface area contributed by atoms with Crippen molar-refractivity contribution in [2.75, 3.05) is 27.9 Å². The summed E-state index contributed by atoms with van der Waals surface area (Å²) in [5.74, 6) is 0.568. The van der Waals surface area contributed by atoms with Gasteiger partial charge in [0.25, 0.3) is 15.9 Å². The number of ether oxygens (including phenoxy) is 3. The molecule has 2 unspecified atom stereocenters. The van der Waals surface area contributed by atoms with Crippen LogP contribution in [0.2, 0.25) is 0 Å². The zero-order valence-electron chi connectivity index (χ0n) is 19.1. The standard InChI is InChI=1S/C22H26BrN3O6S2/c1-12(25-21(27)16-9-13(23)5-6-17(16)30-3)14-7-8-32-18-11-19(31-4)20(10-15(14)18)34(28,29)26-22(33)24-2/h5-6,9-12,14H,7-8H2,1-4H3,(H,25,27)(H2,24,26,33). The highest BCUT2D eigenvalue weighted by atomic mass is 79.9. The molecule has 0 spiro atoms. The molecule has 1 aliphatic rings. The van der Waals surface area contributed by atoms with Crippen molar-refractivity contribution in [1.29, 1.82) is 0 Å². The molecule has 2 aromatic carbocycles. The van der Waals surface area contributed by atoms with Crippen LogP contribution in [0.25, 0.3) is 0 Å². The lowest BCUT2D eigenvalue weighted by molar-refractivity contribution is 0.0926. The highest BCUT2D eigenvalue weighted by molar-refractivity contribution is 9.10. The van der Waals surface area contributed by atoms with E-state index in [9.17, 15) is 13.2 Å². The predicted octanol–water partition coefficient (Wildman–Crippen LogP) is 2.93. The largest absolute Gasteiger partial charge is 0.496 e. The number of carbonyl (C=O) groups is 1. The zero-order chi connectivity index (χ0) is 25.0. The van der Waals surface area contributed by atoms with Crippen molar-refractivity contribution < 1.29 is 27.4 Å². The van der Waals surface area contributed by atoms with Gasteiger partial charge in [-0.25, -0.2) is 8.42 Å². The summed E-state index contributed by atoms with van der Waals surface area (Å²) in [6.07, 6.45) is 0.582. The average molecular weight is 573 g/mol. The van der Waals surface area contributed by atoms with Gasteiger partial charge in [-0.2, -0.15) is 0 Å². The lowest BCUT2D eigenvalue weighted by atomic mass is 9.87. The Bertz CT molecular complexity index is 1210. The van der Waals surface area contributed by atoms with E-state index in [1.807, 2.05) is 6.92 Å². The molecule has 0 saturated carbocycles. The maximum Gasteiger partial charge on any atom is 0.267 e. The van der Waals surface area contributed by atoms with Gasteiger partial charge in [0.15, 0.2) is 5.11 Å². The summed E-state index contributed by atoms with van der Waals surface area (Å²) in [5.41, 5.74) is 1.04. The van der Waals surface area contributed by atoms with Gasteiger partial charge < -0.3 is 24.8 Å². The first-order valence-corrected chi connectivity index (χ1v) is 13.0. The Kier molecular flexibility index (Phi) is 8.26. The molecule has 12 heteroatoms. The van der Waals surface area contributed by atoms with Crippen LogP contribution in [0.5, 0.6) is 17.2 Å². The van der Waals surface area contributed by atoms with E-state index in [-0.39, 0.29) is 33.6 Å². The fraction of sp³-hybridized carbons (Fsp3) is 0.364. The molecule has 0 radical (unpaired) electrons. The van der Waals surface area contributed by atoms with Crippen LogP contribution >= 0.6 is 28.1 Å². The Balaban J connectivity index is 1.95. The van der Waals surface area contributed by atoms with Gasteiger partial charge in [0.1, 0.15) is 22.1 Å². The number of carbonyl (C=O) groups excluding carboxylic acids is 1. The van der Waals surface area contributed by atoms with Crippen molar-refractivity contribution in [3.8, 4) is 17.2 Å². The van der Waals surface area contributed by atoms with Gasteiger partial charge in [0.05, 0.1) is 26.4 Å². The number of halogens is 1. The number of methoxy groups -OCH3 is 2. The van der Waals surface area contributed by atoms with E-state index < -0.39 is 10.0 Å². The van der Waals surface area contributed by atoms with E-state index in [1.165, 1.54) is 27.3 Å². The fourth-order valence-corrected chi connectivity index (χ4v) is 5.62. The molecule has 9 nitrogen and oxygen atoms in total. The number of rotatable bonds is 7. The number of amides is 1. The van der Waals surface area contributed by atoms with Gasteiger partial charge >= 0.3 is 0 Å². The normalized spacial score (nSPS) is 15.9. The van der Waals surface area contributed by atoms with Crippen LogP contribution in [0.4, 0.5) is 0 Å². The number of hydrogen-bond donors (Lipinski definition) is 3. The molecule has 0 bridgehead atoms. The molecule has 34 heavy (non-hydrogen) atoms. The molecular weight excluding hydrogens is 546 g/mol. The summed E-state index contributed by atoms with van der Waals surface area (Å²) >= 11 is 8.34. The molecule has 2 atom stereocenters. The minimum Gasteiger partial charge on any atom is -0.496 e. The highest BCUT2D eigenvalue weighted by Gasteiger charge is 2.32. The number of hydrogen-bond acceptors (Lipinski definition) is 7. The Hall–Kier alpha value is -2.57. The van der Waals surface area contributed by atoms with Crippen molar-refractivity contribution in [3.63, 3.8) is 0 Å². The number of nitrogens with one attached hydrogen (secondary N) is 3. The Morgan fingerprint density at radius 1 is 1.21 bits per heavy atom. The van der Waals surface area contributed by atoms with E-state index in [0.29, 0.717) is 35.7 Å². The third-order valence-corrected chi connectivity index (χ3v) is 7.79. The summed E-state index contributed by atoms with van der Waals surface area (Å²) in [6, 6.07) is 7.90. The van der Waals surface area contributed by atoms with Crippen LogP contribution < -0.4 is 29.6 Å². The first-order valence-electron chi connectivity index (χ1n) is 10.3. The maximum absolute atomic E-state index is 13.0. The second-order valence-corrected chi connectivity index (χ2v) is 10.6. The second-order valence-electron chi connectivity index (χ2n) is 7.58. The first-order chi connectivity index (χ1) is 16.1. The highest BCUT2D eigenvalue weighted by Crippen LogP contribution is 2.41. The zero-order valence-corrected chi connectivity index (χ0v) is 22.3. The predicted molar refractivity (Wildman–Crippen MR) is 135 cm³/mol. The van der Waals surface area contributed by atoms with Gasteiger partial charge in [-0.1, -0.05) is 15.9 Å². The van der Waals surface area contributed by atoms with Crippen LogP contribution in [0.3, 0.4) is 0 Å². The van der Waals surface area contributed by atoms with E-state index in [4.69, 9.17) is 26.4 Å². The lowest BCUT2D eigenvalue weighted by Crippen LogP contribution is -2.39. The summed E-state index contributed by atoms with van der Waals surface area (Å²) in [5, 5.41) is 5.55. The third-order valence-electron chi connectivity index (χ3n) is 5.49. The number of benzene rings is 2. The van der Waals surface area contributed by atoms with Crippen molar-refractivity contribution in [2.24, 2.45) is 0 Å². The van der Waals surface area contributed by atoms with Gasteiger partial charge in [-0.05, 0) is 49.8 Å². The Morgan fingerprint density at radius 2 is 1.91 bits per heavy atom. The van der Waals surface area contributed by atoms with Crippen LogP contribution in [-0.2, 0) is 10.0 Å². The summed E-state index contributed by atoms with van der Waals surface area (Å²) < 4.78 is 45.4. The molecule has 0 fully saturated rings. The SMILES string of the molecule is CNC(=S)NS(=O)(=O)c1cc2c(cc1OC)OCCC2C(C)NC(=O)c1cc(Br)ccc1OC. The number of sulfonamides is 1. The maximum atomic E-state index is 13.0. The Labute approximate surface area is 212 Å². The smallest absolute Gasteiger partial charge is 0.267 e. The molecule has 0 saturated heterocycles. The molecule has 0 aromatic heterocycles. The molecule has 1 amide bonds. The molecule has 1 heterocycles. The van der Waals surface area contributed by atoms with Crippen LogP contribution in [0.1, 0.15) is 35.2 Å². The Morgan fingerprint density at radius 3 is 2.56 bits per heavy atom. The third kappa shape index (κ3) is 5.56. The first kappa shape index (κ1) is 26.0. The number of fused-ring (bicyclic) bond motifs is 1. The van der Waals surface area contributed by atoms with Crippen molar-refractivity contribution in [3.05, 3.63) is 45.9 Å². The number of thiocarbonyl (C=S) groups is 1. The molecule has 3 N–H and O–H groups in total.